The van der Waals surface area contributed by atoms with Crippen LogP contribution in [0.1, 0.15) is 169 Å². The van der Waals surface area contributed by atoms with Crippen molar-refractivity contribution in [3.8, 4) is 77.9 Å². The highest BCUT2D eigenvalue weighted by molar-refractivity contribution is 7.17. The summed E-state index contributed by atoms with van der Waals surface area (Å²) in [6.45, 7) is 12.1. The second-order valence-electron chi connectivity index (χ2n) is 25.4. The minimum atomic E-state index is -1.01. The number of rotatable bonds is 19. The van der Waals surface area contributed by atoms with Crippen LogP contribution in [0.15, 0.2) is 146 Å². The third-order valence-electron chi connectivity index (χ3n) is 17.6. The van der Waals surface area contributed by atoms with Crippen molar-refractivity contribution in [3.05, 3.63) is 178 Å². The maximum Gasteiger partial charge on any atom is 0.335 e. The molecule has 6 heterocycles. The van der Waals surface area contributed by atoms with Gasteiger partial charge in [0, 0.05) is 56.2 Å². The number of carbonyl (C=O) groups is 4. The Kier molecular flexibility index (Phi) is 18.7. The summed E-state index contributed by atoms with van der Waals surface area (Å²) in [6.07, 6.45) is 11.8. The quantitative estimate of drug-likeness (QED) is 0.0637. The monoisotopic (exact) mass is 1320 g/mol. The molecule has 3 N–H and O–H groups in total. The van der Waals surface area contributed by atoms with Crippen LogP contribution in [0.5, 0.6) is 11.5 Å². The summed E-state index contributed by atoms with van der Waals surface area (Å²) in [5, 5.41) is 40.3. The first kappa shape index (κ1) is 64.4. The van der Waals surface area contributed by atoms with Crippen LogP contribution < -0.4 is 14.8 Å². The zero-order chi connectivity index (χ0) is 66.6. The van der Waals surface area contributed by atoms with E-state index in [1.807, 2.05) is 113 Å². The van der Waals surface area contributed by atoms with Gasteiger partial charge in [0.2, 0.25) is 11.6 Å². The molecule has 2 aliphatic carbocycles. The number of Topliss-reactive ketones (excluding diaryl/α,β-unsaturated/α-hetero) is 2. The van der Waals surface area contributed by atoms with E-state index in [1.165, 1.54) is 68.1 Å². The number of nitrogens with one attached hydrogen (secondary N) is 2. The molecular formula is C74H73N13O7S2. The van der Waals surface area contributed by atoms with E-state index in [4.69, 9.17) is 19.4 Å². The molecule has 6 aromatic carbocycles. The van der Waals surface area contributed by atoms with Crippen LogP contribution in [0.4, 0.5) is 0 Å². The van der Waals surface area contributed by atoms with Crippen molar-refractivity contribution < 1.29 is 33.8 Å². The van der Waals surface area contributed by atoms with Gasteiger partial charge in [-0.2, -0.15) is 10.0 Å². The third kappa shape index (κ3) is 13.9. The van der Waals surface area contributed by atoms with Gasteiger partial charge in [0.05, 0.1) is 42.9 Å². The van der Waals surface area contributed by atoms with Gasteiger partial charge < -0.3 is 29.0 Å². The molecule has 6 aromatic heterocycles. The molecule has 2 fully saturated rings. The number of tetrazole rings is 2. The zero-order valence-electron chi connectivity index (χ0n) is 54.3. The molecule has 0 atom stereocenters. The summed E-state index contributed by atoms with van der Waals surface area (Å²) >= 11 is 2.83. The number of aromatic nitrogens is 12. The van der Waals surface area contributed by atoms with Gasteiger partial charge in [-0.3, -0.25) is 14.4 Å². The highest BCUT2D eigenvalue weighted by atomic mass is 32.1. The molecule has 96 heavy (non-hydrogen) atoms. The number of amides is 1. The molecule has 1 amide bonds. The number of thiophene rings is 2. The van der Waals surface area contributed by atoms with Crippen LogP contribution in [-0.2, 0) is 18.8 Å². The van der Waals surface area contributed by atoms with Crippen molar-refractivity contribution in [2.24, 2.45) is 0 Å². The number of nitrogens with zero attached hydrogens (tertiary/aromatic N) is 11. The third-order valence-corrected chi connectivity index (χ3v) is 20.1. The number of ether oxygens (including phenoxy) is 2. The van der Waals surface area contributed by atoms with Crippen molar-refractivity contribution in [2.75, 3.05) is 6.54 Å². The van der Waals surface area contributed by atoms with Crippen LogP contribution in [0.3, 0.4) is 0 Å². The molecule has 0 spiro atoms. The SMILES string of the molecule is CC(=O)c1ccc(-c2ccc(C(=O)O)cc2COc2ccc(-c3nc4cc(-c5nnn(C(C)(C)C)n5)ccc4n3C3CCCCC3)cc2)s1.CCNC(=O)c1ccc(-c2ccc(C(C)=O)s2)c(COc2ccc(-c3nc4cc(-c5nn[nH]n5)ccc4n3C3CCCCC3)cc2)c1. The first-order chi connectivity index (χ1) is 46.5. The summed E-state index contributed by atoms with van der Waals surface area (Å²) in [7, 11) is 0. The average molecular weight is 1320 g/mol. The summed E-state index contributed by atoms with van der Waals surface area (Å²) in [6, 6.07) is 47.2. The van der Waals surface area contributed by atoms with Crippen molar-refractivity contribution in [1.82, 2.24) is 65.3 Å². The molecule has 0 aliphatic heterocycles. The minimum absolute atomic E-state index is 0.00383. The molecule has 2 saturated carbocycles. The summed E-state index contributed by atoms with van der Waals surface area (Å²) < 4.78 is 17.3. The van der Waals surface area contributed by atoms with Crippen LogP contribution in [-0.4, -0.2) is 95.0 Å². The number of aromatic carboxylic acids is 1. The molecular weight excluding hydrogens is 1250 g/mol. The summed E-state index contributed by atoms with van der Waals surface area (Å²) in [5.74, 6) is 3.20. The zero-order valence-corrected chi connectivity index (χ0v) is 56.0. The second kappa shape index (κ2) is 27.9. The Morgan fingerprint density at radius 3 is 1.49 bits per heavy atom. The molecule has 2 aliphatic rings. The summed E-state index contributed by atoms with van der Waals surface area (Å²) in [4.78, 5) is 63.4. The minimum Gasteiger partial charge on any atom is -0.489 e. The number of imidazole rings is 2. The van der Waals surface area contributed by atoms with E-state index in [0.29, 0.717) is 57.1 Å². The second-order valence-corrected chi connectivity index (χ2v) is 27.6. The fourth-order valence-electron chi connectivity index (χ4n) is 12.7. The lowest BCUT2D eigenvalue weighted by Gasteiger charge is -2.25. The van der Waals surface area contributed by atoms with Gasteiger partial charge in [-0.15, -0.1) is 43.1 Å². The van der Waals surface area contributed by atoms with Crippen LogP contribution in [0.2, 0.25) is 0 Å². The van der Waals surface area contributed by atoms with E-state index in [2.05, 4.69) is 86.9 Å². The number of carbonyl (C=O) groups excluding carboxylic acids is 3. The Morgan fingerprint density at radius 2 is 1.05 bits per heavy atom. The smallest absolute Gasteiger partial charge is 0.335 e. The molecule has 20 nitrogen and oxygen atoms in total. The molecule has 14 rings (SSSR count). The lowest BCUT2D eigenvalue weighted by molar-refractivity contribution is 0.0695. The van der Waals surface area contributed by atoms with Crippen LogP contribution in [0.25, 0.3) is 88.5 Å². The van der Waals surface area contributed by atoms with Crippen molar-refractivity contribution >= 4 is 68.2 Å². The number of hydrogen-bond acceptors (Lipinski definition) is 16. The standard InChI is InChI=1S/C38H38N6O4S.C36H35N7O3S/c1-23(45)33-18-19-34(49-33)30-16-12-26(37(46)47)20-27(30)22-48-29-14-10-24(11-15-29)36-39-31-21-25(35-40-42-44(41-35)38(2,3)4)13-17-32(31)43(36)28-8-6-5-7-9-28;1-3-37-36(45)25-11-15-29(33-18-17-32(47-33)22(2)44)26(19-25)21-46-28-13-9-23(10-14-28)35-38-30-20-24(34-39-41-42-40-34)12-16-31(30)43(35)27-7-5-4-6-8-27/h10-21,28H,5-9,22H2,1-4H3,(H,46,47);9-20,27H,3-8,21H2,1-2H3,(H,37,45)(H,39,40,41,42). The van der Waals surface area contributed by atoms with Gasteiger partial charge >= 0.3 is 5.97 Å². The number of carboxylic acid groups (broad SMARTS) is 1. The molecule has 12 aromatic rings. The number of fused-ring (bicyclic) bond motifs is 2. The van der Waals surface area contributed by atoms with Gasteiger partial charge in [0.15, 0.2) is 11.6 Å². The molecule has 0 bridgehead atoms. The molecule has 488 valence electrons. The Hall–Kier alpha value is -10.3. The van der Waals surface area contributed by atoms with E-state index in [-0.39, 0.29) is 41.8 Å². The molecule has 0 saturated heterocycles. The first-order valence-corrected chi connectivity index (χ1v) is 34.2. The predicted molar refractivity (Wildman–Crippen MR) is 373 cm³/mol. The number of carboxylic acids is 1. The fraction of sp³-hybridized carbons (Fsp3) is 0.297. The normalized spacial score (nSPS) is 13.8. The highest BCUT2D eigenvalue weighted by Gasteiger charge is 2.27. The maximum absolute atomic E-state index is 12.7. The number of ketones is 2. The van der Waals surface area contributed by atoms with Crippen molar-refractivity contribution in [3.63, 3.8) is 0 Å². The van der Waals surface area contributed by atoms with Gasteiger partial charge in [0.1, 0.15) is 36.4 Å². The number of H-pyrrole nitrogens is 1. The highest BCUT2D eigenvalue weighted by Crippen LogP contribution is 2.41. The predicted octanol–water partition coefficient (Wildman–Crippen LogP) is 16.5. The average Bonchev–Trinajstić information content (AvgIpc) is 1.62. The van der Waals surface area contributed by atoms with Gasteiger partial charge in [-0.05, 0) is 233 Å². The first-order valence-electron chi connectivity index (χ1n) is 32.6. The topological polar surface area (TPSA) is 253 Å². The Morgan fingerprint density at radius 1 is 0.573 bits per heavy atom. The lowest BCUT2D eigenvalue weighted by Crippen LogP contribution is -2.24. The Bertz CT molecular complexity index is 4810. The Balaban J connectivity index is 0.000000174. The fourth-order valence-corrected chi connectivity index (χ4v) is 14.6. The van der Waals surface area contributed by atoms with Gasteiger partial charge in [0.25, 0.3) is 5.91 Å². The number of aromatic amines is 1. The van der Waals surface area contributed by atoms with Gasteiger partial charge in [-0.1, -0.05) is 50.7 Å². The van der Waals surface area contributed by atoms with E-state index >= 15 is 0 Å². The van der Waals surface area contributed by atoms with E-state index < -0.39 is 5.97 Å². The number of hydrogen-bond donors (Lipinski definition) is 3. The van der Waals surface area contributed by atoms with Gasteiger partial charge in [-0.25, -0.2) is 14.8 Å². The van der Waals surface area contributed by atoms with E-state index in [1.54, 1.807) is 36.0 Å². The molecule has 0 radical (unpaired) electrons. The van der Waals surface area contributed by atoms with Crippen molar-refractivity contribution in [1.29, 1.82) is 0 Å². The maximum atomic E-state index is 12.7. The largest absolute Gasteiger partial charge is 0.489 e. The molecule has 0 unspecified atom stereocenters. The summed E-state index contributed by atoms with van der Waals surface area (Å²) in [5.41, 5.74) is 11.6. The van der Waals surface area contributed by atoms with Crippen LogP contribution in [0, 0.1) is 0 Å². The lowest BCUT2D eigenvalue weighted by atomic mass is 9.95. The van der Waals surface area contributed by atoms with Crippen molar-refractivity contribution in [2.45, 2.75) is 137 Å². The van der Waals surface area contributed by atoms with E-state index in [9.17, 15) is 24.3 Å². The molecule has 22 heteroatoms. The van der Waals surface area contributed by atoms with E-state index in [0.717, 1.165) is 114 Å². The number of benzene rings is 6. The van der Waals surface area contributed by atoms with Crippen LogP contribution >= 0.6 is 22.7 Å². The Labute approximate surface area is 562 Å².